The molecule has 0 amide bonds. The summed E-state index contributed by atoms with van der Waals surface area (Å²) in [4.78, 5) is 2.71. The third-order valence-electron chi connectivity index (χ3n) is 3.81. The van der Waals surface area contributed by atoms with Crippen molar-refractivity contribution < 1.29 is 0 Å². The van der Waals surface area contributed by atoms with Crippen LogP contribution in [0.2, 0.25) is 0 Å². The number of rotatable bonds is 6. The molecule has 0 bridgehead atoms. The van der Waals surface area contributed by atoms with E-state index in [1.54, 1.807) is 0 Å². The molecule has 1 saturated carbocycles. The molecule has 1 aliphatic heterocycles. The second kappa shape index (κ2) is 5.31. The normalized spacial score (nSPS) is 29.6. The molecule has 2 rings (SSSR count). The molecule has 2 aliphatic rings. The van der Waals surface area contributed by atoms with Crippen LogP contribution in [-0.4, -0.2) is 36.6 Å². The number of nitrogens with zero attached hydrogens (tertiary/aromatic N) is 1. The standard InChI is InChI=1S/C13H26N2/c1-3-4-13(9-14-12-5-6-12)15-8-7-11(2)10-15/h11-14H,3-10H2,1-2H3. The predicted octanol–water partition coefficient (Wildman–Crippen LogP) is 2.25. The quantitative estimate of drug-likeness (QED) is 0.723. The van der Waals surface area contributed by atoms with Crippen LogP contribution in [0.4, 0.5) is 0 Å². The van der Waals surface area contributed by atoms with E-state index in [-0.39, 0.29) is 0 Å². The molecule has 2 heteroatoms. The first kappa shape index (κ1) is 11.4. The Labute approximate surface area is 94.4 Å². The van der Waals surface area contributed by atoms with Crippen LogP contribution in [0.3, 0.4) is 0 Å². The molecule has 1 heterocycles. The lowest BCUT2D eigenvalue weighted by Gasteiger charge is -2.28. The van der Waals surface area contributed by atoms with Crippen LogP contribution in [0.15, 0.2) is 0 Å². The summed E-state index contributed by atoms with van der Waals surface area (Å²) in [6.07, 6.45) is 6.92. The summed E-state index contributed by atoms with van der Waals surface area (Å²) in [6.45, 7) is 8.58. The van der Waals surface area contributed by atoms with Crippen molar-refractivity contribution >= 4 is 0 Å². The smallest absolute Gasteiger partial charge is 0.0220 e. The van der Waals surface area contributed by atoms with Crippen molar-refractivity contribution in [2.45, 2.75) is 58.0 Å². The highest BCUT2D eigenvalue weighted by Gasteiger charge is 2.27. The van der Waals surface area contributed by atoms with E-state index in [1.807, 2.05) is 0 Å². The molecule has 2 unspecified atom stereocenters. The molecule has 0 radical (unpaired) electrons. The molecule has 0 spiro atoms. The summed E-state index contributed by atoms with van der Waals surface area (Å²) < 4.78 is 0. The minimum absolute atomic E-state index is 0.806. The lowest BCUT2D eigenvalue weighted by molar-refractivity contribution is 0.216. The fourth-order valence-corrected chi connectivity index (χ4v) is 2.64. The van der Waals surface area contributed by atoms with E-state index in [0.717, 1.165) is 18.0 Å². The summed E-state index contributed by atoms with van der Waals surface area (Å²) in [5.41, 5.74) is 0. The lowest BCUT2D eigenvalue weighted by atomic mass is 10.1. The minimum Gasteiger partial charge on any atom is -0.312 e. The average molecular weight is 210 g/mol. The van der Waals surface area contributed by atoms with Crippen molar-refractivity contribution in [3.8, 4) is 0 Å². The summed E-state index contributed by atoms with van der Waals surface area (Å²) in [6, 6.07) is 1.67. The predicted molar refractivity (Wildman–Crippen MR) is 65.1 cm³/mol. The third kappa shape index (κ3) is 3.46. The van der Waals surface area contributed by atoms with Gasteiger partial charge in [0, 0.05) is 25.2 Å². The number of hydrogen-bond acceptors (Lipinski definition) is 2. The third-order valence-corrected chi connectivity index (χ3v) is 3.81. The molecule has 2 fully saturated rings. The Morgan fingerprint density at radius 3 is 2.67 bits per heavy atom. The molecule has 1 saturated heterocycles. The van der Waals surface area contributed by atoms with E-state index in [0.29, 0.717) is 0 Å². The Morgan fingerprint density at radius 2 is 2.13 bits per heavy atom. The van der Waals surface area contributed by atoms with Gasteiger partial charge >= 0.3 is 0 Å². The molecule has 1 N–H and O–H groups in total. The van der Waals surface area contributed by atoms with E-state index in [2.05, 4.69) is 24.1 Å². The van der Waals surface area contributed by atoms with E-state index in [1.165, 1.54) is 51.7 Å². The Morgan fingerprint density at radius 1 is 1.33 bits per heavy atom. The van der Waals surface area contributed by atoms with Gasteiger partial charge in [-0.3, -0.25) is 4.90 Å². The summed E-state index contributed by atoms with van der Waals surface area (Å²) in [5.74, 6) is 0.922. The van der Waals surface area contributed by atoms with Crippen LogP contribution in [0.25, 0.3) is 0 Å². The molecule has 1 aliphatic carbocycles. The molecule has 15 heavy (non-hydrogen) atoms. The Kier molecular flexibility index (Phi) is 4.04. The van der Waals surface area contributed by atoms with Gasteiger partial charge in [0.25, 0.3) is 0 Å². The van der Waals surface area contributed by atoms with Gasteiger partial charge in [-0.05, 0) is 38.1 Å². The van der Waals surface area contributed by atoms with Gasteiger partial charge in [-0.15, -0.1) is 0 Å². The minimum atomic E-state index is 0.806. The molecule has 0 aromatic heterocycles. The highest BCUT2D eigenvalue weighted by molar-refractivity contribution is 4.86. The number of hydrogen-bond donors (Lipinski definition) is 1. The van der Waals surface area contributed by atoms with Gasteiger partial charge < -0.3 is 5.32 Å². The second-order valence-electron chi connectivity index (χ2n) is 5.51. The van der Waals surface area contributed by atoms with Crippen LogP contribution in [-0.2, 0) is 0 Å². The van der Waals surface area contributed by atoms with Gasteiger partial charge in [0.05, 0.1) is 0 Å². The first-order chi connectivity index (χ1) is 7.29. The second-order valence-corrected chi connectivity index (χ2v) is 5.51. The maximum Gasteiger partial charge on any atom is 0.0220 e. The van der Waals surface area contributed by atoms with Crippen LogP contribution >= 0.6 is 0 Å². The Hall–Kier alpha value is -0.0800. The molecule has 2 nitrogen and oxygen atoms in total. The molecule has 2 atom stereocenters. The molecule has 0 aromatic rings. The van der Waals surface area contributed by atoms with Crippen LogP contribution in [0, 0.1) is 5.92 Å². The lowest BCUT2D eigenvalue weighted by Crippen LogP contribution is -2.41. The number of nitrogens with one attached hydrogen (secondary N) is 1. The van der Waals surface area contributed by atoms with Gasteiger partial charge in [-0.2, -0.15) is 0 Å². The fraction of sp³-hybridized carbons (Fsp3) is 1.00. The van der Waals surface area contributed by atoms with Crippen molar-refractivity contribution in [2.75, 3.05) is 19.6 Å². The van der Waals surface area contributed by atoms with Crippen LogP contribution in [0.1, 0.15) is 46.0 Å². The Bertz CT molecular complexity index is 189. The van der Waals surface area contributed by atoms with E-state index < -0.39 is 0 Å². The topological polar surface area (TPSA) is 15.3 Å². The van der Waals surface area contributed by atoms with Gasteiger partial charge in [0.1, 0.15) is 0 Å². The zero-order valence-corrected chi connectivity index (χ0v) is 10.3. The van der Waals surface area contributed by atoms with E-state index in [9.17, 15) is 0 Å². The maximum atomic E-state index is 3.69. The largest absolute Gasteiger partial charge is 0.312 e. The van der Waals surface area contributed by atoms with Crippen molar-refractivity contribution in [3.05, 3.63) is 0 Å². The maximum absolute atomic E-state index is 3.69. The van der Waals surface area contributed by atoms with Crippen LogP contribution < -0.4 is 5.32 Å². The van der Waals surface area contributed by atoms with Crippen molar-refractivity contribution in [3.63, 3.8) is 0 Å². The fourth-order valence-electron chi connectivity index (χ4n) is 2.64. The Balaban J connectivity index is 1.75. The van der Waals surface area contributed by atoms with E-state index >= 15 is 0 Å². The highest BCUT2D eigenvalue weighted by atomic mass is 15.2. The zero-order valence-electron chi connectivity index (χ0n) is 10.3. The highest BCUT2D eigenvalue weighted by Crippen LogP contribution is 2.22. The zero-order chi connectivity index (χ0) is 10.7. The summed E-state index contributed by atoms with van der Waals surface area (Å²) >= 11 is 0. The average Bonchev–Trinajstić information content (AvgIpc) is 2.95. The van der Waals surface area contributed by atoms with Crippen molar-refractivity contribution in [1.82, 2.24) is 10.2 Å². The first-order valence-electron chi connectivity index (χ1n) is 6.77. The first-order valence-corrected chi connectivity index (χ1v) is 6.77. The summed E-state index contributed by atoms with van der Waals surface area (Å²) in [5, 5.41) is 3.69. The molecule has 88 valence electrons. The van der Waals surface area contributed by atoms with Gasteiger partial charge in [0.15, 0.2) is 0 Å². The molecular formula is C13H26N2. The van der Waals surface area contributed by atoms with Gasteiger partial charge in [-0.1, -0.05) is 20.3 Å². The van der Waals surface area contributed by atoms with Crippen molar-refractivity contribution in [1.29, 1.82) is 0 Å². The van der Waals surface area contributed by atoms with Gasteiger partial charge in [0.2, 0.25) is 0 Å². The summed E-state index contributed by atoms with van der Waals surface area (Å²) in [7, 11) is 0. The monoisotopic (exact) mass is 210 g/mol. The van der Waals surface area contributed by atoms with E-state index in [4.69, 9.17) is 0 Å². The SMILES string of the molecule is CCCC(CNC1CC1)N1CCC(C)C1. The molecular weight excluding hydrogens is 184 g/mol. The van der Waals surface area contributed by atoms with Gasteiger partial charge in [-0.25, -0.2) is 0 Å². The number of likely N-dealkylation sites (tertiary alicyclic amines) is 1. The molecule has 0 aromatic carbocycles. The van der Waals surface area contributed by atoms with Crippen molar-refractivity contribution in [2.24, 2.45) is 5.92 Å². The van der Waals surface area contributed by atoms with Crippen LogP contribution in [0.5, 0.6) is 0 Å².